The Morgan fingerprint density at radius 2 is 1.76 bits per heavy atom. The minimum Gasteiger partial charge on any atom is -0.494 e. The maximum Gasteiger partial charge on any atom is 0.119 e. The van der Waals surface area contributed by atoms with Crippen molar-refractivity contribution in [3.63, 3.8) is 0 Å². The van der Waals surface area contributed by atoms with E-state index < -0.39 is 0 Å². The van der Waals surface area contributed by atoms with Crippen molar-refractivity contribution in [2.75, 3.05) is 13.2 Å². The monoisotopic (exact) mass is 299 g/mol. The molecule has 0 aromatic heterocycles. The van der Waals surface area contributed by atoms with Gasteiger partial charge in [-0.2, -0.15) is 0 Å². The van der Waals surface area contributed by atoms with Crippen molar-refractivity contribution in [3.05, 3.63) is 27.7 Å². The van der Waals surface area contributed by atoms with Crippen LogP contribution in [-0.2, 0) is 0 Å². The molecule has 0 aliphatic rings. The average molecular weight is 300 g/mol. The normalized spacial score (nSPS) is 11.6. The van der Waals surface area contributed by atoms with Gasteiger partial charge in [0.25, 0.3) is 0 Å². The van der Waals surface area contributed by atoms with Gasteiger partial charge in [-0.05, 0) is 55.5 Å². The first-order valence-corrected chi connectivity index (χ1v) is 6.74. The van der Waals surface area contributed by atoms with E-state index in [1.807, 2.05) is 0 Å². The second-order valence-corrected chi connectivity index (χ2v) is 6.13. The van der Waals surface area contributed by atoms with E-state index >= 15 is 0 Å². The number of halogens is 1. The zero-order chi connectivity index (χ0) is 13.1. The number of hydrogen-bond acceptors (Lipinski definition) is 2. The Balaban J connectivity index is 2.59. The van der Waals surface area contributed by atoms with Crippen LogP contribution in [0, 0.1) is 19.3 Å². The van der Waals surface area contributed by atoms with Gasteiger partial charge < -0.3 is 10.5 Å². The highest BCUT2D eigenvalue weighted by Crippen LogP contribution is 2.27. The fourth-order valence-electron chi connectivity index (χ4n) is 1.54. The highest BCUT2D eigenvalue weighted by atomic mass is 79.9. The molecule has 1 rings (SSSR count). The topological polar surface area (TPSA) is 35.2 Å². The molecule has 0 saturated carbocycles. The summed E-state index contributed by atoms with van der Waals surface area (Å²) in [5, 5.41) is 0. The van der Waals surface area contributed by atoms with Crippen LogP contribution in [0.25, 0.3) is 0 Å². The summed E-state index contributed by atoms with van der Waals surface area (Å²) >= 11 is 3.55. The summed E-state index contributed by atoms with van der Waals surface area (Å²) in [7, 11) is 0. The zero-order valence-electron chi connectivity index (χ0n) is 11.1. The lowest BCUT2D eigenvalue weighted by molar-refractivity contribution is 0.233. The first-order valence-electron chi connectivity index (χ1n) is 5.95. The summed E-state index contributed by atoms with van der Waals surface area (Å²) in [5.41, 5.74) is 8.26. The molecule has 0 spiro atoms. The van der Waals surface area contributed by atoms with Crippen molar-refractivity contribution < 1.29 is 4.74 Å². The molecule has 0 atom stereocenters. The summed E-state index contributed by atoms with van der Waals surface area (Å²) in [6.45, 7) is 9.88. The third kappa shape index (κ3) is 4.32. The summed E-state index contributed by atoms with van der Waals surface area (Å²) < 4.78 is 6.94. The van der Waals surface area contributed by atoms with Crippen LogP contribution in [0.1, 0.15) is 31.4 Å². The number of hydrogen-bond donors (Lipinski definition) is 1. The molecule has 2 nitrogen and oxygen atoms in total. The second-order valence-electron chi connectivity index (χ2n) is 5.34. The van der Waals surface area contributed by atoms with Crippen LogP contribution in [0.2, 0.25) is 0 Å². The third-order valence-corrected chi connectivity index (χ3v) is 4.26. The van der Waals surface area contributed by atoms with E-state index in [0.717, 1.165) is 16.6 Å². The molecule has 1 aromatic carbocycles. The maximum absolute atomic E-state index is 5.78. The number of nitrogens with two attached hydrogens (primary N) is 1. The molecule has 0 saturated heterocycles. The van der Waals surface area contributed by atoms with Crippen LogP contribution in [0.5, 0.6) is 5.75 Å². The van der Waals surface area contributed by atoms with Crippen molar-refractivity contribution in [2.24, 2.45) is 11.1 Å². The van der Waals surface area contributed by atoms with Crippen LogP contribution in [0.3, 0.4) is 0 Å². The molecule has 0 radical (unpaired) electrons. The van der Waals surface area contributed by atoms with Gasteiger partial charge >= 0.3 is 0 Å². The number of ether oxygens (including phenoxy) is 1. The van der Waals surface area contributed by atoms with E-state index in [9.17, 15) is 0 Å². The summed E-state index contributed by atoms with van der Waals surface area (Å²) in [6, 6.07) is 4.12. The Kier molecular flexibility index (Phi) is 5.02. The lowest BCUT2D eigenvalue weighted by atomic mass is 9.90. The Morgan fingerprint density at radius 3 is 2.24 bits per heavy atom. The number of rotatable bonds is 5. The van der Waals surface area contributed by atoms with Gasteiger partial charge in [0.1, 0.15) is 5.75 Å². The van der Waals surface area contributed by atoms with Crippen molar-refractivity contribution in [2.45, 2.75) is 34.1 Å². The molecule has 1 aromatic rings. The molecule has 2 N–H and O–H groups in total. The first kappa shape index (κ1) is 14.5. The molecular weight excluding hydrogens is 278 g/mol. The van der Waals surface area contributed by atoms with Crippen molar-refractivity contribution in [1.82, 2.24) is 0 Å². The largest absolute Gasteiger partial charge is 0.494 e. The van der Waals surface area contributed by atoms with Crippen LogP contribution in [0.15, 0.2) is 16.6 Å². The van der Waals surface area contributed by atoms with Gasteiger partial charge in [-0.3, -0.25) is 0 Å². The van der Waals surface area contributed by atoms with Crippen LogP contribution >= 0.6 is 15.9 Å². The summed E-state index contributed by atoms with van der Waals surface area (Å²) in [4.78, 5) is 0. The molecule has 17 heavy (non-hydrogen) atoms. The lowest BCUT2D eigenvalue weighted by Gasteiger charge is -2.22. The van der Waals surface area contributed by atoms with E-state index in [4.69, 9.17) is 10.5 Å². The fourth-order valence-corrected chi connectivity index (χ4v) is 1.77. The second kappa shape index (κ2) is 5.87. The van der Waals surface area contributed by atoms with Crippen LogP contribution in [0.4, 0.5) is 0 Å². The Morgan fingerprint density at radius 1 is 1.24 bits per heavy atom. The quantitative estimate of drug-likeness (QED) is 0.897. The predicted molar refractivity (Wildman–Crippen MR) is 76.6 cm³/mol. The van der Waals surface area contributed by atoms with E-state index in [1.165, 1.54) is 11.1 Å². The Labute approximate surface area is 113 Å². The molecule has 0 aliphatic carbocycles. The average Bonchev–Trinajstić information content (AvgIpc) is 2.25. The summed E-state index contributed by atoms with van der Waals surface area (Å²) in [6.07, 6.45) is 0.970. The van der Waals surface area contributed by atoms with E-state index in [2.05, 4.69) is 55.8 Å². The molecule has 0 amide bonds. The first-order chi connectivity index (χ1) is 7.85. The molecule has 96 valence electrons. The van der Waals surface area contributed by atoms with Gasteiger partial charge in [-0.25, -0.2) is 0 Å². The van der Waals surface area contributed by atoms with Crippen molar-refractivity contribution in [1.29, 1.82) is 0 Å². The minimum absolute atomic E-state index is 0.152. The zero-order valence-corrected chi connectivity index (χ0v) is 12.7. The van der Waals surface area contributed by atoms with Gasteiger partial charge in [0.2, 0.25) is 0 Å². The van der Waals surface area contributed by atoms with Gasteiger partial charge in [0.15, 0.2) is 0 Å². The molecule has 0 heterocycles. The van der Waals surface area contributed by atoms with Crippen LogP contribution < -0.4 is 10.5 Å². The van der Waals surface area contributed by atoms with Gasteiger partial charge in [0.05, 0.1) is 6.61 Å². The third-order valence-electron chi connectivity index (χ3n) is 3.01. The Bertz CT molecular complexity index is 365. The Hall–Kier alpha value is -0.540. The number of benzene rings is 1. The van der Waals surface area contributed by atoms with E-state index in [1.54, 1.807) is 0 Å². The van der Waals surface area contributed by atoms with Gasteiger partial charge in [0, 0.05) is 4.47 Å². The summed E-state index contributed by atoms with van der Waals surface area (Å²) in [5.74, 6) is 0.941. The SMILES string of the molecule is Cc1cc(OCCC(C)(C)CN)cc(C)c1Br. The fraction of sp³-hybridized carbons (Fsp3) is 0.571. The van der Waals surface area contributed by atoms with Crippen molar-refractivity contribution in [3.8, 4) is 5.75 Å². The minimum atomic E-state index is 0.152. The molecule has 0 fully saturated rings. The van der Waals surface area contributed by atoms with Gasteiger partial charge in [-0.15, -0.1) is 0 Å². The molecule has 3 heteroatoms. The molecule has 0 aliphatic heterocycles. The molecule has 0 unspecified atom stereocenters. The molecule has 0 bridgehead atoms. The highest BCUT2D eigenvalue weighted by Gasteiger charge is 2.15. The van der Waals surface area contributed by atoms with E-state index in [-0.39, 0.29) is 5.41 Å². The van der Waals surface area contributed by atoms with Crippen LogP contribution in [-0.4, -0.2) is 13.2 Å². The van der Waals surface area contributed by atoms with Crippen molar-refractivity contribution >= 4 is 15.9 Å². The van der Waals surface area contributed by atoms with Gasteiger partial charge in [-0.1, -0.05) is 29.8 Å². The molecular formula is C14H22BrNO. The van der Waals surface area contributed by atoms with E-state index in [0.29, 0.717) is 13.2 Å². The smallest absolute Gasteiger partial charge is 0.119 e. The number of aryl methyl sites for hydroxylation is 2. The predicted octanol–water partition coefficient (Wildman–Crippen LogP) is 3.82. The maximum atomic E-state index is 5.78. The standard InChI is InChI=1S/C14H22BrNO/c1-10-7-12(8-11(2)13(10)15)17-6-5-14(3,4)9-16/h7-8H,5-6,9,16H2,1-4H3. The highest BCUT2D eigenvalue weighted by molar-refractivity contribution is 9.10. The lowest BCUT2D eigenvalue weighted by Crippen LogP contribution is -2.25.